The number of rotatable bonds is 6. The van der Waals surface area contributed by atoms with Crippen LogP contribution < -0.4 is 5.32 Å². The molecule has 9 nitrogen and oxygen atoms in total. The normalized spacial score (nSPS) is 15.0. The molecular weight excluding hydrogens is 346 g/mol. The van der Waals surface area contributed by atoms with Crippen molar-refractivity contribution in [1.82, 2.24) is 29.9 Å². The van der Waals surface area contributed by atoms with Crippen molar-refractivity contribution in [3.63, 3.8) is 0 Å². The SMILES string of the molecule is O=C(CCc1nc(-c2ccccn2)no1)Nc1ncn(C2CCCCC2)n1. The van der Waals surface area contributed by atoms with Crippen LogP contribution in [0.1, 0.15) is 50.5 Å². The van der Waals surface area contributed by atoms with Gasteiger partial charge in [0, 0.05) is 19.0 Å². The molecule has 0 saturated heterocycles. The number of nitrogens with zero attached hydrogens (tertiary/aromatic N) is 6. The zero-order valence-electron chi connectivity index (χ0n) is 14.9. The molecule has 1 aliphatic carbocycles. The van der Waals surface area contributed by atoms with Crippen LogP contribution in [-0.2, 0) is 11.2 Å². The lowest BCUT2D eigenvalue weighted by atomic mass is 9.96. The predicted molar refractivity (Wildman–Crippen MR) is 96.6 cm³/mol. The first-order valence-electron chi connectivity index (χ1n) is 9.23. The van der Waals surface area contributed by atoms with Gasteiger partial charge in [0.15, 0.2) is 0 Å². The monoisotopic (exact) mass is 367 g/mol. The number of pyridine rings is 1. The lowest BCUT2D eigenvalue weighted by molar-refractivity contribution is -0.116. The minimum atomic E-state index is -0.186. The van der Waals surface area contributed by atoms with Crippen molar-refractivity contribution >= 4 is 11.9 Å². The smallest absolute Gasteiger partial charge is 0.248 e. The summed E-state index contributed by atoms with van der Waals surface area (Å²) in [5.74, 6) is 0.963. The number of aryl methyl sites for hydroxylation is 1. The van der Waals surface area contributed by atoms with Crippen molar-refractivity contribution < 1.29 is 9.32 Å². The Morgan fingerprint density at radius 3 is 2.93 bits per heavy atom. The van der Waals surface area contributed by atoms with Gasteiger partial charge in [-0.2, -0.15) is 4.98 Å². The van der Waals surface area contributed by atoms with Gasteiger partial charge >= 0.3 is 0 Å². The molecule has 3 aromatic rings. The number of anilines is 1. The van der Waals surface area contributed by atoms with E-state index in [0.29, 0.717) is 35.8 Å². The van der Waals surface area contributed by atoms with Crippen LogP contribution in [0.4, 0.5) is 5.95 Å². The summed E-state index contributed by atoms with van der Waals surface area (Å²) >= 11 is 0. The number of carbonyl (C=O) groups excluding carboxylic acids is 1. The summed E-state index contributed by atoms with van der Waals surface area (Å²) < 4.78 is 7.05. The fraction of sp³-hybridized carbons (Fsp3) is 0.444. The Labute approximate surface area is 156 Å². The van der Waals surface area contributed by atoms with Crippen LogP contribution >= 0.6 is 0 Å². The van der Waals surface area contributed by atoms with Gasteiger partial charge in [0.2, 0.25) is 23.6 Å². The fourth-order valence-corrected chi connectivity index (χ4v) is 3.22. The lowest BCUT2D eigenvalue weighted by Crippen LogP contribution is -2.16. The van der Waals surface area contributed by atoms with Gasteiger partial charge in [0.1, 0.15) is 12.0 Å². The molecule has 9 heteroatoms. The molecule has 3 aromatic heterocycles. The summed E-state index contributed by atoms with van der Waals surface area (Å²) in [7, 11) is 0. The van der Waals surface area contributed by atoms with Gasteiger partial charge in [-0.1, -0.05) is 30.5 Å². The summed E-state index contributed by atoms with van der Waals surface area (Å²) in [6.07, 6.45) is 9.87. The van der Waals surface area contributed by atoms with Crippen molar-refractivity contribution in [2.24, 2.45) is 0 Å². The molecule has 0 bridgehead atoms. The third kappa shape index (κ3) is 4.36. The number of aromatic nitrogens is 6. The fourth-order valence-electron chi connectivity index (χ4n) is 3.22. The second-order valence-corrected chi connectivity index (χ2v) is 6.61. The Balaban J connectivity index is 1.29. The highest BCUT2D eigenvalue weighted by molar-refractivity contribution is 5.88. The molecule has 0 aromatic carbocycles. The largest absolute Gasteiger partial charge is 0.339 e. The molecule has 0 aliphatic heterocycles. The number of hydrogen-bond acceptors (Lipinski definition) is 7. The maximum Gasteiger partial charge on any atom is 0.248 e. The minimum absolute atomic E-state index is 0.186. The van der Waals surface area contributed by atoms with E-state index in [-0.39, 0.29) is 12.3 Å². The van der Waals surface area contributed by atoms with Gasteiger partial charge in [-0.3, -0.25) is 15.1 Å². The zero-order valence-corrected chi connectivity index (χ0v) is 14.9. The molecule has 27 heavy (non-hydrogen) atoms. The third-order valence-corrected chi connectivity index (χ3v) is 4.64. The van der Waals surface area contributed by atoms with Gasteiger partial charge in [0.25, 0.3) is 0 Å². The molecule has 140 valence electrons. The number of nitrogens with one attached hydrogen (secondary N) is 1. The third-order valence-electron chi connectivity index (χ3n) is 4.64. The van der Waals surface area contributed by atoms with Crippen LogP contribution in [0.15, 0.2) is 35.2 Å². The Bertz CT molecular complexity index is 884. The molecule has 1 amide bonds. The number of hydrogen-bond donors (Lipinski definition) is 1. The number of amides is 1. The van der Waals surface area contributed by atoms with Crippen LogP contribution in [0.5, 0.6) is 0 Å². The van der Waals surface area contributed by atoms with Gasteiger partial charge < -0.3 is 4.52 Å². The average molecular weight is 367 g/mol. The van der Waals surface area contributed by atoms with Crippen molar-refractivity contribution in [3.05, 3.63) is 36.6 Å². The highest BCUT2D eigenvalue weighted by Gasteiger charge is 2.17. The number of carbonyl (C=O) groups is 1. The first-order chi connectivity index (χ1) is 13.3. The molecule has 0 unspecified atom stereocenters. The lowest BCUT2D eigenvalue weighted by Gasteiger charge is -2.21. The van der Waals surface area contributed by atoms with E-state index in [1.54, 1.807) is 18.6 Å². The molecule has 3 heterocycles. The summed E-state index contributed by atoms with van der Waals surface area (Å²) in [6.45, 7) is 0. The van der Waals surface area contributed by atoms with E-state index in [2.05, 4.69) is 30.5 Å². The summed E-state index contributed by atoms with van der Waals surface area (Å²) in [5.41, 5.74) is 0.634. The Morgan fingerprint density at radius 2 is 2.11 bits per heavy atom. The maximum absolute atomic E-state index is 12.1. The predicted octanol–water partition coefficient (Wildman–Crippen LogP) is 2.80. The van der Waals surface area contributed by atoms with Crippen LogP contribution in [-0.4, -0.2) is 35.8 Å². The Morgan fingerprint density at radius 1 is 1.22 bits per heavy atom. The van der Waals surface area contributed by atoms with E-state index >= 15 is 0 Å². The molecule has 0 spiro atoms. The van der Waals surface area contributed by atoms with Gasteiger partial charge in [-0.25, -0.2) is 9.67 Å². The molecule has 1 saturated carbocycles. The van der Waals surface area contributed by atoms with Crippen molar-refractivity contribution in [3.8, 4) is 11.5 Å². The van der Waals surface area contributed by atoms with E-state index in [1.807, 2.05) is 16.8 Å². The first-order valence-corrected chi connectivity index (χ1v) is 9.23. The van der Waals surface area contributed by atoms with Crippen LogP contribution in [0.25, 0.3) is 11.5 Å². The summed E-state index contributed by atoms with van der Waals surface area (Å²) in [4.78, 5) is 24.8. The quantitative estimate of drug-likeness (QED) is 0.713. The van der Waals surface area contributed by atoms with Crippen LogP contribution in [0.3, 0.4) is 0 Å². The van der Waals surface area contributed by atoms with Crippen molar-refractivity contribution in [1.29, 1.82) is 0 Å². The maximum atomic E-state index is 12.1. The van der Waals surface area contributed by atoms with E-state index in [0.717, 1.165) is 12.8 Å². The average Bonchev–Trinajstić information content (AvgIpc) is 3.37. The highest BCUT2D eigenvalue weighted by Crippen LogP contribution is 2.27. The molecule has 1 fully saturated rings. The highest BCUT2D eigenvalue weighted by atomic mass is 16.5. The Kier molecular flexibility index (Phi) is 5.17. The molecule has 4 rings (SSSR count). The molecule has 1 aliphatic rings. The van der Waals surface area contributed by atoms with Gasteiger partial charge in [-0.15, -0.1) is 5.10 Å². The standard InChI is InChI=1S/C18H21N7O2/c26-15(21-18-20-12-25(23-18)13-6-2-1-3-7-13)9-10-16-22-17(24-27-16)14-8-4-5-11-19-14/h4-5,8,11-13H,1-3,6-7,9-10H2,(H,21,23,26). The summed E-state index contributed by atoms with van der Waals surface area (Å²) in [6, 6.07) is 5.86. The zero-order chi connectivity index (χ0) is 18.5. The van der Waals surface area contributed by atoms with E-state index in [1.165, 1.54) is 19.3 Å². The van der Waals surface area contributed by atoms with E-state index < -0.39 is 0 Å². The van der Waals surface area contributed by atoms with E-state index in [4.69, 9.17) is 4.52 Å². The molecule has 1 N–H and O–H groups in total. The Hall–Kier alpha value is -3.10. The van der Waals surface area contributed by atoms with Crippen LogP contribution in [0, 0.1) is 0 Å². The molecule has 0 radical (unpaired) electrons. The second-order valence-electron chi connectivity index (χ2n) is 6.61. The molecule has 0 atom stereocenters. The van der Waals surface area contributed by atoms with Gasteiger partial charge in [-0.05, 0) is 25.0 Å². The van der Waals surface area contributed by atoms with Gasteiger partial charge in [0.05, 0.1) is 6.04 Å². The second kappa shape index (κ2) is 8.07. The van der Waals surface area contributed by atoms with E-state index in [9.17, 15) is 4.79 Å². The van der Waals surface area contributed by atoms with Crippen LogP contribution in [0.2, 0.25) is 0 Å². The first kappa shape index (κ1) is 17.3. The molecular formula is C18H21N7O2. The minimum Gasteiger partial charge on any atom is -0.339 e. The van der Waals surface area contributed by atoms with Crippen molar-refractivity contribution in [2.45, 2.75) is 51.0 Å². The van der Waals surface area contributed by atoms with Crippen molar-refractivity contribution in [2.75, 3.05) is 5.32 Å². The topological polar surface area (TPSA) is 112 Å². The summed E-state index contributed by atoms with van der Waals surface area (Å²) in [5, 5.41) is 11.0.